The monoisotopic (exact) mass is 360 g/mol. The molecule has 0 radical (unpaired) electrons. The third-order valence-corrected chi connectivity index (χ3v) is 3.32. The predicted octanol–water partition coefficient (Wildman–Crippen LogP) is 4.66. The first-order chi connectivity index (χ1) is 11.4. The van der Waals surface area contributed by atoms with Gasteiger partial charge in [0.05, 0.1) is 11.6 Å². The Bertz CT molecular complexity index is 549. The van der Waals surface area contributed by atoms with Crippen LogP contribution in [-0.2, 0) is 10.9 Å². The number of benzene rings is 1. The largest absolute Gasteiger partial charge is 0.444 e. The lowest BCUT2D eigenvalue weighted by atomic mass is 10.0. The third kappa shape index (κ3) is 8.25. The van der Waals surface area contributed by atoms with E-state index in [9.17, 15) is 18.0 Å². The second kappa shape index (κ2) is 8.56. The van der Waals surface area contributed by atoms with Gasteiger partial charge in [-0.15, -0.1) is 0 Å². The molecule has 0 fully saturated rings. The Morgan fingerprint density at radius 2 is 1.68 bits per heavy atom. The number of rotatable bonds is 6. The number of amides is 1. The Hall–Kier alpha value is -1.76. The van der Waals surface area contributed by atoms with Crippen molar-refractivity contribution in [2.45, 2.75) is 64.9 Å². The van der Waals surface area contributed by atoms with E-state index in [4.69, 9.17) is 4.74 Å². The van der Waals surface area contributed by atoms with Gasteiger partial charge in [0, 0.05) is 6.04 Å². The molecule has 1 aromatic rings. The number of alkyl halides is 3. The van der Waals surface area contributed by atoms with E-state index in [2.05, 4.69) is 10.6 Å². The zero-order chi connectivity index (χ0) is 19.3. The van der Waals surface area contributed by atoms with Gasteiger partial charge < -0.3 is 15.4 Å². The van der Waals surface area contributed by atoms with E-state index in [-0.39, 0.29) is 6.04 Å². The van der Waals surface area contributed by atoms with E-state index in [0.29, 0.717) is 18.5 Å². The molecule has 0 heterocycles. The quantitative estimate of drug-likeness (QED) is 0.776. The van der Waals surface area contributed by atoms with Gasteiger partial charge in [0.1, 0.15) is 5.60 Å². The first-order valence-corrected chi connectivity index (χ1v) is 8.28. The minimum Gasteiger partial charge on any atom is -0.444 e. The highest BCUT2D eigenvalue weighted by Gasteiger charge is 2.30. The van der Waals surface area contributed by atoms with Crippen LogP contribution in [0, 0.1) is 0 Å². The summed E-state index contributed by atoms with van der Waals surface area (Å²) in [6.45, 7) is 9.85. The van der Waals surface area contributed by atoms with E-state index in [1.165, 1.54) is 12.1 Å². The highest BCUT2D eigenvalue weighted by atomic mass is 19.4. The van der Waals surface area contributed by atoms with Crippen molar-refractivity contribution in [3.8, 4) is 0 Å². The van der Waals surface area contributed by atoms with Crippen LogP contribution in [0.1, 0.15) is 58.2 Å². The molecule has 2 N–H and O–H groups in total. The van der Waals surface area contributed by atoms with E-state index < -0.39 is 29.5 Å². The van der Waals surface area contributed by atoms with Gasteiger partial charge in [0.25, 0.3) is 0 Å². The first kappa shape index (κ1) is 21.3. The van der Waals surface area contributed by atoms with Crippen LogP contribution in [0.15, 0.2) is 24.3 Å². The van der Waals surface area contributed by atoms with Crippen LogP contribution >= 0.6 is 0 Å². The average Bonchev–Trinajstić information content (AvgIpc) is 2.43. The first-order valence-electron chi connectivity index (χ1n) is 8.28. The summed E-state index contributed by atoms with van der Waals surface area (Å²) in [5.74, 6) is 0. The molecule has 1 aromatic carbocycles. The van der Waals surface area contributed by atoms with Gasteiger partial charge in [-0.2, -0.15) is 13.2 Å². The molecule has 0 spiro atoms. The van der Waals surface area contributed by atoms with E-state index in [1.807, 2.05) is 13.8 Å². The summed E-state index contributed by atoms with van der Waals surface area (Å²) >= 11 is 0. The molecule has 0 bridgehead atoms. The molecule has 4 nitrogen and oxygen atoms in total. The van der Waals surface area contributed by atoms with Gasteiger partial charge in [0.2, 0.25) is 0 Å². The lowest BCUT2D eigenvalue weighted by Gasteiger charge is -2.24. The van der Waals surface area contributed by atoms with Crippen molar-refractivity contribution >= 4 is 6.09 Å². The zero-order valence-electron chi connectivity index (χ0n) is 15.3. The molecule has 1 unspecified atom stereocenters. The van der Waals surface area contributed by atoms with Crippen molar-refractivity contribution in [1.82, 2.24) is 10.6 Å². The highest BCUT2D eigenvalue weighted by molar-refractivity contribution is 5.68. The fourth-order valence-electron chi connectivity index (χ4n) is 2.19. The molecule has 25 heavy (non-hydrogen) atoms. The van der Waals surface area contributed by atoms with Crippen LogP contribution < -0.4 is 10.6 Å². The molecule has 0 aliphatic carbocycles. The number of halogens is 3. The van der Waals surface area contributed by atoms with Crippen LogP contribution in [-0.4, -0.2) is 24.3 Å². The van der Waals surface area contributed by atoms with Gasteiger partial charge >= 0.3 is 12.3 Å². The molecule has 0 saturated heterocycles. The second-order valence-electron chi connectivity index (χ2n) is 7.22. The Kier molecular flexibility index (Phi) is 7.29. The fraction of sp³-hybridized carbons (Fsp3) is 0.611. The van der Waals surface area contributed by atoms with Crippen LogP contribution in [0.5, 0.6) is 0 Å². The lowest BCUT2D eigenvalue weighted by Crippen LogP contribution is -2.36. The third-order valence-electron chi connectivity index (χ3n) is 3.32. The summed E-state index contributed by atoms with van der Waals surface area (Å²) in [5, 5.41) is 5.97. The minimum absolute atomic E-state index is 0.273. The number of nitrogens with one attached hydrogen (secondary N) is 2. The van der Waals surface area contributed by atoms with Crippen molar-refractivity contribution in [2.24, 2.45) is 0 Å². The zero-order valence-corrected chi connectivity index (χ0v) is 15.3. The topological polar surface area (TPSA) is 50.4 Å². The summed E-state index contributed by atoms with van der Waals surface area (Å²) < 4.78 is 43.4. The SMILES string of the molecule is CC(C)NCCC(NC(=O)OC(C)(C)C)c1ccc(C(F)(F)F)cc1. The standard InChI is InChI=1S/C18H27F3N2O2/c1-12(2)22-11-10-15(23-16(24)25-17(3,4)5)13-6-8-14(9-7-13)18(19,20)21/h6-9,12,15,22H,10-11H2,1-5H3,(H,23,24). The molecule has 1 atom stereocenters. The van der Waals surface area contributed by atoms with Crippen molar-refractivity contribution in [3.63, 3.8) is 0 Å². The molecular formula is C18H27F3N2O2. The molecule has 1 amide bonds. The minimum atomic E-state index is -4.38. The summed E-state index contributed by atoms with van der Waals surface area (Å²) in [6.07, 6.45) is -4.45. The van der Waals surface area contributed by atoms with Crippen LogP contribution in [0.3, 0.4) is 0 Å². The maximum Gasteiger partial charge on any atom is 0.416 e. The number of hydrogen-bond acceptors (Lipinski definition) is 3. The maximum atomic E-state index is 12.7. The molecule has 0 saturated carbocycles. The summed E-state index contributed by atoms with van der Waals surface area (Å²) in [6, 6.07) is 4.66. The maximum absolute atomic E-state index is 12.7. The molecular weight excluding hydrogens is 333 g/mol. The smallest absolute Gasteiger partial charge is 0.416 e. The van der Waals surface area contributed by atoms with Crippen LogP contribution in [0.2, 0.25) is 0 Å². The molecule has 0 aliphatic heterocycles. The Morgan fingerprint density at radius 3 is 2.12 bits per heavy atom. The predicted molar refractivity (Wildman–Crippen MR) is 91.3 cm³/mol. The number of alkyl carbamates (subject to hydrolysis) is 1. The summed E-state index contributed by atoms with van der Waals surface area (Å²) in [4.78, 5) is 12.0. The Morgan fingerprint density at radius 1 is 1.12 bits per heavy atom. The number of ether oxygens (including phenoxy) is 1. The fourth-order valence-corrected chi connectivity index (χ4v) is 2.19. The van der Waals surface area contributed by atoms with Crippen molar-refractivity contribution in [1.29, 1.82) is 0 Å². The summed E-state index contributed by atoms with van der Waals surface area (Å²) in [7, 11) is 0. The van der Waals surface area contributed by atoms with Crippen LogP contribution in [0.25, 0.3) is 0 Å². The number of carbonyl (C=O) groups is 1. The average molecular weight is 360 g/mol. The Labute approximate surface area is 147 Å². The van der Waals surface area contributed by atoms with Gasteiger partial charge in [-0.1, -0.05) is 26.0 Å². The van der Waals surface area contributed by atoms with E-state index in [0.717, 1.165) is 12.1 Å². The summed E-state index contributed by atoms with van der Waals surface area (Å²) in [5.41, 5.74) is -0.762. The number of hydrogen-bond donors (Lipinski definition) is 2. The van der Waals surface area contributed by atoms with Crippen molar-refractivity contribution in [3.05, 3.63) is 35.4 Å². The van der Waals surface area contributed by atoms with Crippen molar-refractivity contribution < 1.29 is 22.7 Å². The normalized spacial score (nSPS) is 13.6. The van der Waals surface area contributed by atoms with E-state index in [1.54, 1.807) is 20.8 Å². The molecule has 7 heteroatoms. The van der Waals surface area contributed by atoms with Gasteiger partial charge in [-0.3, -0.25) is 0 Å². The Balaban J connectivity index is 2.87. The second-order valence-corrected chi connectivity index (χ2v) is 7.22. The highest BCUT2D eigenvalue weighted by Crippen LogP contribution is 2.30. The van der Waals surface area contributed by atoms with Gasteiger partial charge in [0.15, 0.2) is 0 Å². The molecule has 0 aliphatic rings. The molecule has 0 aromatic heterocycles. The van der Waals surface area contributed by atoms with E-state index >= 15 is 0 Å². The molecule has 142 valence electrons. The number of carbonyl (C=O) groups excluding carboxylic acids is 1. The van der Waals surface area contributed by atoms with Gasteiger partial charge in [-0.05, 0) is 51.4 Å². The van der Waals surface area contributed by atoms with Crippen molar-refractivity contribution in [2.75, 3.05) is 6.54 Å². The lowest BCUT2D eigenvalue weighted by molar-refractivity contribution is -0.137. The molecule has 1 rings (SSSR count). The van der Waals surface area contributed by atoms with Gasteiger partial charge in [-0.25, -0.2) is 4.79 Å². The van der Waals surface area contributed by atoms with Crippen LogP contribution in [0.4, 0.5) is 18.0 Å².